The predicted molar refractivity (Wildman–Crippen MR) is 107 cm³/mol. The number of benzene rings is 2. The van der Waals surface area contributed by atoms with E-state index in [0.717, 1.165) is 17.4 Å². The molecule has 2 atom stereocenters. The summed E-state index contributed by atoms with van der Waals surface area (Å²) in [6.45, 7) is 4.01. The summed E-state index contributed by atoms with van der Waals surface area (Å²) < 4.78 is 52.9. The van der Waals surface area contributed by atoms with Crippen molar-refractivity contribution in [2.75, 3.05) is 36.0 Å². The maximum Gasteiger partial charge on any atom is 0.416 e. The SMILES string of the molecule is CCNC(=O)C1Cc2cc(C(F)(F)F)ccc2N2CCN(c3ccc(F)cc3)CC12. The molecule has 2 aliphatic heterocycles. The third kappa shape index (κ3) is 3.82. The normalized spacial score (nSPS) is 21.1. The van der Waals surface area contributed by atoms with Crippen molar-refractivity contribution >= 4 is 17.3 Å². The zero-order valence-corrected chi connectivity index (χ0v) is 16.5. The highest BCUT2D eigenvalue weighted by atomic mass is 19.4. The summed E-state index contributed by atoms with van der Waals surface area (Å²) >= 11 is 0. The van der Waals surface area contributed by atoms with E-state index >= 15 is 0 Å². The number of carbonyl (C=O) groups excluding carboxylic acids is 1. The Kier molecular flexibility index (Phi) is 5.34. The fourth-order valence-corrected chi connectivity index (χ4v) is 4.49. The second-order valence-electron chi connectivity index (χ2n) is 7.73. The average Bonchev–Trinajstić information content (AvgIpc) is 2.72. The fourth-order valence-electron chi connectivity index (χ4n) is 4.49. The van der Waals surface area contributed by atoms with Gasteiger partial charge in [0.25, 0.3) is 0 Å². The van der Waals surface area contributed by atoms with Crippen LogP contribution in [-0.4, -0.2) is 38.1 Å². The van der Waals surface area contributed by atoms with E-state index in [0.29, 0.717) is 31.7 Å². The quantitative estimate of drug-likeness (QED) is 0.765. The van der Waals surface area contributed by atoms with E-state index in [1.165, 1.54) is 24.3 Å². The van der Waals surface area contributed by atoms with Crippen LogP contribution in [0.25, 0.3) is 0 Å². The van der Waals surface area contributed by atoms with Crippen molar-refractivity contribution in [3.8, 4) is 0 Å². The van der Waals surface area contributed by atoms with Crippen LogP contribution in [0.2, 0.25) is 0 Å². The highest BCUT2D eigenvalue weighted by Crippen LogP contribution is 2.40. The smallest absolute Gasteiger partial charge is 0.368 e. The van der Waals surface area contributed by atoms with Gasteiger partial charge in [0.05, 0.1) is 17.5 Å². The summed E-state index contributed by atoms with van der Waals surface area (Å²) in [6.07, 6.45) is -4.17. The maximum atomic E-state index is 13.3. The van der Waals surface area contributed by atoms with E-state index in [9.17, 15) is 22.4 Å². The molecule has 0 aromatic heterocycles. The number of hydrogen-bond donors (Lipinski definition) is 1. The van der Waals surface area contributed by atoms with Crippen LogP contribution < -0.4 is 15.1 Å². The molecule has 0 bridgehead atoms. The Morgan fingerprint density at radius 3 is 2.53 bits per heavy atom. The highest BCUT2D eigenvalue weighted by molar-refractivity contribution is 5.82. The van der Waals surface area contributed by atoms with Gasteiger partial charge < -0.3 is 15.1 Å². The van der Waals surface area contributed by atoms with Crippen LogP contribution in [0.3, 0.4) is 0 Å². The molecule has 2 aromatic carbocycles. The van der Waals surface area contributed by atoms with Crippen molar-refractivity contribution < 1.29 is 22.4 Å². The van der Waals surface area contributed by atoms with Gasteiger partial charge in [-0.15, -0.1) is 0 Å². The van der Waals surface area contributed by atoms with E-state index < -0.39 is 17.7 Å². The molecule has 30 heavy (non-hydrogen) atoms. The highest BCUT2D eigenvalue weighted by Gasteiger charge is 2.42. The van der Waals surface area contributed by atoms with Gasteiger partial charge in [0, 0.05) is 37.6 Å². The Labute approximate surface area is 172 Å². The summed E-state index contributed by atoms with van der Waals surface area (Å²) in [5.41, 5.74) is 1.48. The number of fused-ring (bicyclic) bond motifs is 3. The first-order valence-electron chi connectivity index (χ1n) is 10.0. The predicted octanol–water partition coefficient (Wildman–Crippen LogP) is 3.85. The standard InChI is InChI=1S/C22H23F4N3O/c1-2-27-21(30)18-12-14-11-15(22(24,25)26)3-8-19(14)29-10-9-28(13-20(18)29)17-6-4-16(23)5-7-17/h3-8,11,18,20H,2,9-10,12-13H2,1H3,(H,27,30). The van der Waals surface area contributed by atoms with Crippen LogP contribution in [0.5, 0.6) is 0 Å². The van der Waals surface area contributed by atoms with Crippen LogP contribution >= 0.6 is 0 Å². The van der Waals surface area contributed by atoms with E-state index in [-0.39, 0.29) is 24.2 Å². The minimum atomic E-state index is -4.42. The summed E-state index contributed by atoms with van der Waals surface area (Å²) in [5, 5.41) is 2.83. The monoisotopic (exact) mass is 421 g/mol. The third-order valence-corrected chi connectivity index (χ3v) is 5.92. The van der Waals surface area contributed by atoms with Gasteiger partial charge in [0.2, 0.25) is 5.91 Å². The van der Waals surface area contributed by atoms with Crippen molar-refractivity contribution in [1.82, 2.24) is 5.32 Å². The van der Waals surface area contributed by atoms with E-state index in [4.69, 9.17) is 0 Å². The second-order valence-corrected chi connectivity index (χ2v) is 7.73. The van der Waals surface area contributed by atoms with Crippen LogP contribution in [0.15, 0.2) is 42.5 Å². The van der Waals surface area contributed by atoms with Crippen molar-refractivity contribution in [2.45, 2.75) is 25.6 Å². The van der Waals surface area contributed by atoms with Gasteiger partial charge >= 0.3 is 6.18 Å². The van der Waals surface area contributed by atoms with Gasteiger partial charge in [0.1, 0.15) is 5.82 Å². The Morgan fingerprint density at radius 1 is 1.13 bits per heavy atom. The Bertz CT molecular complexity index is 929. The van der Waals surface area contributed by atoms with Gasteiger partial charge in [-0.05, 0) is 61.4 Å². The molecule has 160 valence electrons. The summed E-state index contributed by atoms with van der Waals surface area (Å²) in [4.78, 5) is 17.0. The van der Waals surface area contributed by atoms with E-state index in [2.05, 4.69) is 15.1 Å². The topological polar surface area (TPSA) is 35.6 Å². The molecule has 1 N–H and O–H groups in total. The summed E-state index contributed by atoms with van der Waals surface area (Å²) in [6, 6.07) is 9.83. The molecule has 0 saturated carbocycles. The molecule has 1 saturated heterocycles. The lowest BCUT2D eigenvalue weighted by atomic mass is 9.82. The first kappa shape index (κ1) is 20.5. The van der Waals surface area contributed by atoms with Crippen LogP contribution in [0.4, 0.5) is 28.9 Å². The average molecular weight is 421 g/mol. The van der Waals surface area contributed by atoms with Gasteiger partial charge in [-0.2, -0.15) is 13.2 Å². The number of nitrogens with one attached hydrogen (secondary N) is 1. The number of amides is 1. The minimum Gasteiger partial charge on any atom is -0.368 e. The third-order valence-electron chi connectivity index (χ3n) is 5.92. The van der Waals surface area contributed by atoms with Crippen molar-refractivity contribution in [1.29, 1.82) is 0 Å². The number of anilines is 2. The van der Waals surface area contributed by atoms with E-state index in [1.807, 2.05) is 6.92 Å². The number of hydrogen-bond acceptors (Lipinski definition) is 3. The molecule has 0 radical (unpaired) electrons. The molecule has 1 fully saturated rings. The van der Waals surface area contributed by atoms with Crippen LogP contribution in [-0.2, 0) is 17.4 Å². The Balaban J connectivity index is 1.68. The molecule has 2 heterocycles. The molecule has 4 rings (SSSR count). The molecular weight excluding hydrogens is 398 g/mol. The Morgan fingerprint density at radius 2 is 1.87 bits per heavy atom. The Hall–Kier alpha value is -2.77. The summed E-state index contributed by atoms with van der Waals surface area (Å²) in [7, 11) is 0. The fraction of sp³-hybridized carbons (Fsp3) is 0.409. The molecule has 0 spiro atoms. The zero-order chi connectivity index (χ0) is 21.5. The molecule has 0 aliphatic carbocycles. The summed E-state index contributed by atoms with van der Waals surface area (Å²) in [5.74, 6) is -0.939. The number of rotatable bonds is 3. The van der Waals surface area contributed by atoms with Crippen molar-refractivity contribution in [3.05, 3.63) is 59.4 Å². The number of halogens is 4. The van der Waals surface area contributed by atoms with Gasteiger partial charge in [-0.25, -0.2) is 4.39 Å². The van der Waals surface area contributed by atoms with Gasteiger partial charge in [0.15, 0.2) is 0 Å². The van der Waals surface area contributed by atoms with Crippen molar-refractivity contribution in [2.24, 2.45) is 5.92 Å². The zero-order valence-electron chi connectivity index (χ0n) is 16.5. The van der Waals surface area contributed by atoms with Gasteiger partial charge in [-0.3, -0.25) is 4.79 Å². The second kappa shape index (κ2) is 7.81. The lowest BCUT2D eigenvalue weighted by Gasteiger charge is -2.49. The first-order valence-corrected chi connectivity index (χ1v) is 10.0. The number of carbonyl (C=O) groups is 1. The van der Waals surface area contributed by atoms with Crippen LogP contribution in [0.1, 0.15) is 18.1 Å². The lowest BCUT2D eigenvalue weighted by molar-refractivity contribution is -0.137. The molecule has 2 unspecified atom stereocenters. The maximum absolute atomic E-state index is 13.3. The molecule has 1 amide bonds. The number of nitrogens with zero attached hydrogens (tertiary/aromatic N) is 2. The number of alkyl halides is 3. The number of piperazine rings is 1. The first-order chi connectivity index (χ1) is 14.3. The molecule has 2 aromatic rings. The van der Waals surface area contributed by atoms with Crippen LogP contribution in [0, 0.1) is 11.7 Å². The van der Waals surface area contributed by atoms with Gasteiger partial charge in [-0.1, -0.05) is 0 Å². The molecule has 2 aliphatic rings. The minimum absolute atomic E-state index is 0.156. The molecule has 8 heteroatoms. The van der Waals surface area contributed by atoms with Crippen molar-refractivity contribution in [3.63, 3.8) is 0 Å². The largest absolute Gasteiger partial charge is 0.416 e. The molecule has 4 nitrogen and oxygen atoms in total. The lowest BCUT2D eigenvalue weighted by Crippen LogP contribution is -2.61. The molecular formula is C22H23F4N3O. The van der Waals surface area contributed by atoms with E-state index in [1.54, 1.807) is 12.1 Å².